The van der Waals surface area contributed by atoms with Gasteiger partial charge in [-0.1, -0.05) is 0 Å². The van der Waals surface area contributed by atoms with Gasteiger partial charge >= 0.3 is 10.4 Å². The molecule has 0 aliphatic carbocycles. The number of nitrogens with one attached hydrogen (secondary N) is 1. The summed E-state index contributed by atoms with van der Waals surface area (Å²) >= 11 is 0. The van der Waals surface area contributed by atoms with Gasteiger partial charge in [-0.3, -0.25) is 0 Å². The van der Waals surface area contributed by atoms with Crippen LogP contribution in [0.3, 0.4) is 0 Å². The van der Waals surface area contributed by atoms with E-state index in [4.69, 9.17) is 19.8 Å². The van der Waals surface area contributed by atoms with Gasteiger partial charge in [-0.2, -0.15) is 0 Å². The smallest absolute Gasteiger partial charge is 0.491 e. The van der Waals surface area contributed by atoms with Crippen LogP contribution >= 0.6 is 0 Å². The molecule has 1 aliphatic heterocycles. The Bertz CT molecular complexity index is 571. The van der Waals surface area contributed by atoms with Gasteiger partial charge in [0.05, 0.1) is 25.1 Å². The van der Waals surface area contributed by atoms with Crippen LogP contribution < -0.4 is 24.2 Å². The lowest BCUT2D eigenvalue weighted by molar-refractivity contribution is 0.311. The quantitative estimate of drug-likeness (QED) is 0.641. The van der Waals surface area contributed by atoms with Crippen LogP contribution in [-0.2, 0) is 10.4 Å². The Morgan fingerprint density at radius 3 is 2.72 bits per heavy atom. The van der Waals surface area contributed by atoms with Crippen molar-refractivity contribution < 1.29 is 26.6 Å². The third-order valence-corrected chi connectivity index (χ3v) is 2.96. The van der Waals surface area contributed by atoms with Gasteiger partial charge in [-0.05, 0) is 6.07 Å². The molecule has 0 atom stereocenters. The summed E-state index contributed by atoms with van der Waals surface area (Å²) in [6.45, 7) is 0.0793. The summed E-state index contributed by atoms with van der Waals surface area (Å²) in [6.07, 6.45) is 0. The lowest BCUT2D eigenvalue weighted by Crippen LogP contribution is -2.09. The van der Waals surface area contributed by atoms with Crippen LogP contribution in [0.25, 0.3) is 0 Å². The zero-order valence-electron chi connectivity index (χ0n) is 9.47. The van der Waals surface area contributed by atoms with Crippen molar-refractivity contribution in [3.8, 4) is 17.2 Å². The van der Waals surface area contributed by atoms with Gasteiger partial charge in [0.15, 0.2) is 5.75 Å². The molecule has 0 bridgehead atoms. The van der Waals surface area contributed by atoms with E-state index >= 15 is 0 Å². The summed E-state index contributed by atoms with van der Waals surface area (Å²) in [6, 6.07) is 1.44. The van der Waals surface area contributed by atoms with Crippen LogP contribution in [-0.4, -0.2) is 33.8 Å². The minimum absolute atomic E-state index is 0.0329. The largest absolute Gasteiger partial charge is 0.501 e. The Morgan fingerprint density at radius 1 is 1.44 bits per heavy atom. The highest BCUT2D eigenvalue weighted by atomic mass is 32.3. The van der Waals surface area contributed by atoms with Gasteiger partial charge in [0, 0.05) is 6.54 Å². The average Bonchev–Trinajstić information content (AvgIpc) is 2.61. The molecule has 1 heterocycles. The van der Waals surface area contributed by atoms with E-state index in [0.29, 0.717) is 5.69 Å². The fraction of sp³-hybridized carbons (Fsp3) is 0.333. The zero-order valence-corrected chi connectivity index (χ0v) is 10.3. The highest BCUT2D eigenvalue weighted by Crippen LogP contribution is 2.51. The maximum atomic E-state index is 11.3. The number of hydrogen-bond donors (Lipinski definition) is 3. The first-order chi connectivity index (χ1) is 8.48. The number of anilines is 2. The number of ether oxygens (including phenoxy) is 1. The second-order valence-electron chi connectivity index (χ2n) is 3.43. The number of nitrogens with two attached hydrogens (primary N) is 1. The summed E-state index contributed by atoms with van der Waals surface area (Å²) in [5, 5.41) is 11.5. The number of nitrogen functional groups attached to an aromatic ring is 1. The summed E-state index contributed by atoms with van der Waals surface area (Å²) in [5.74, 6) is -0.0481. The molecule has 4 N–H and O–H groups in total. The molecule has 0 saturated carbocycles. The Morgan fingerprint density at radius 2 is 2.11 bits per heavy atom. The van der Waals surface area contributed by atoms with Gasteiger partial charge in [0.1, 0.15) is 0 Å². The number of hydrogen-bond acceptors (Lipinski definition) is 8. The third kappa shape index (κ3) is 2.09. The van der Waals surface area contributed by atoms with Crippen molar-refractivity contribution in [3.05, 3.63) is 6.07 Å². The van der Waals surface area contributed by atoms with Crippen molar-refractivity contribution in [3.63, 3.8) is 0 Å². The molecule has 18 heavy (non-hydrogen) atoms. The number of benzene rings is 1. The zero-order chi connectivity index (χ0) is 13.3. The van der Waals surface area contributed by atoms with E-state index in [-0.39, 0.29) is 36.1 Å². The van der Waals surface area contributed by atoms with Crippen LogP contribution in [0, 0.1) is 0 Å². The van der Waals surface area contributed by atoms with Crippen LogP contribution in [0.5, 0.6) is 17.2 Å². The molecule has 0 saturated heterocycles. The molecule has 9 heteroatoms. The number of rotatable bonds is 4. The van der Waals surface area contributed by atoms with Crippen molar-refractivity contribution in [2.45, 2.75) is 0 Å². The fourth-order valence-electron chi connectivity index (χ4n) is 1.56. The van der Waals surface area contributed by atoms with Gasteiger partial charge in [-0.25, -0.2) is 0 Å². The number of aliphatic hydroxyl groups excluding tert-OH is 1. The van der Waals surface area contributed by atoms with Gasteiger partial charge < -0.3 is 29.3 Å². The highest BCUT2D eigenvalue weighted by Gasteiger charge is 2.35. The van der Waals surface area contributed by atoms with Crippen molar-refractivity contribution in [1.82, 2.24) is 0 Å². The van der Waals surface area contributed by atoms with E-state index in [2.05, 4.69) is 9.50 Å². The normalized spacial score (nSPS) is 15.4. The molecule has 8 nitrogen and oxygen atoms in total. The molecule has 0 fully saturated rings. The summed E-state index contributed by atoms with van der Waals surface area (Å²) in [4.78, 5) is 0. The van der Waals surface area contributed by atoms with E-state index in [1.807, 2.05) is 0 Å². The van der Waals surface area contributed by atoms with E-state index in [0.717, 1.165) is 0 Å². The minimum Gasteiger partial charge on any atom is -0.491 e. The van der Waals surface area contributed by atoms with Crippen molar-refractivity contribution in [2.75, 3.05) is 31.3 Å². The Hall–Kier alpha value is -1.87. The molecule has 1 aliphatic rings. The molecular formula is C9H12N2O6S. The van der Waals surface area contributed by atoms with E-state index in [1.165, 1.54) is 13.2 Å². The summed E-state index contributed by atoms with van der Waals surface area (Å²) < 4.78 is 36.9. The highest BCUT2D eigenvalue weighted by molar-refractivity contribution is 7.82. The molecule has 1 aromatic rings. The van der Waals surface area contributed by atoms with E-state index < -0.39 is 10.4 Å². The van der Waals surface area contributed by atoms with Crippen LogP contribution in [0.15, 0.2) is 6.07 Å². The summed E-state index contributed by atoms with van der Waals surface area (Å²) in [7, 11) is -2.81. The maximum Gasteiger partial charge on any atom is 0.501 e. The Balaban J connectivity index is 2.53. The topological polar surface area (TPSA) is 120 Å². The van der Waals surface area contributed by atoms with Gasteiger partial charge in [-0.15, -0.1) is 8.42 Å². The van der Waals surface area contributed by atoms with Crippen molar-refractivity contribution in [2.24, 2.45) is 0 Å². The molecule has 2 rings (SSSR count). The lowest BCUT2D eigenvalue weighted by atomic mass is 10.2. The van der Waals surface area contributed by atoms with Crippen LogP contribution in [0.4, 0.5) is 11.4 Å². The van der Waals surface area contributed by atoms with Crippen LogP contribution in [0.1, 0.15) is 0 Å². The predicted octanol–water partition coefficient (Wildman–Crippen LogP) is -0.302. The molecule has 0 radical (unpaired) electrons. The monoisotopic (exact) mass is 276 g/mol. The number of fused-ring (bicyclic) bond motifs is 1. The maximum absolute atomic E-state index is 11.3. The molecule has 100 valence electrons. The molecule has 0 amide bonds. The van der Waals surface area contributed by atoms with E-state index in [1.54, 1.807) is 0 Å². The lowest BCUT2D eigenvalue weighted by Gasteiger charge is -2.11. The number of methoxy groups -OCH3 is 1. The van der Waals surface area contributed by atoms with Gasteiger partial charge in [0.2, 0.25) is 11.5 Å². The first kappa shape index (κ1) is 12.6. The third-order valence-electron chi connectivity index (χ3n) is 2.22. The molecular weight excluding hydrogens is 264 g/mol. The SMILES string of the molecule is COc1c(N)cc(NCCO)c2c1OS(=O)(=O)O2. The Labute approximate surface area is 104 Å². The van der Waals surface area contributed by atoms with Crippen LogP contribution in [0.2, 0.25) is 0 Å². The molecule has 1 aromatic carbocycles. The first-order valence-corrected chi connectivity index (χ1v) is 6.31. The van der Waals surface area contributed by atoms with E-state index in [9.17, 15) is 8.42 Å². The second-order valence-corrected chi connectivity index (χ2v) is 4.58. The summed E-state index contributed by atoms with van der Waals surface area (Å²) in [5.41, 5.74) is 6.20. The van der Waals surface area contributed by atoms with Crippen molar-refractivity contribution in [1.29, 1.82) is 0 Å². The Kier molecular flexibility index (Phi) is 3.09. The molecule has 0 aromatic heterocycles. The fourth-order valence-corrected chi connectivity index (χ4v) is 2.31. The average molecular weight is 276 g/mol. The predicted molar refractivity (Wildman–Crippen MR) is 63.2 cm³/mol. The first-order valence-electron chi connectivity index (χ1n) is 4.97. The minimum atomic E-state index is -4.14. The number of aliphatic hydroxyl groups is 1. The van der Waals surface area contributed by atoms with Crippen molar-refractivity contribution >= 4 is 21.8 Å². The second kappa shape index (κ2) is 4.42. The van der Waals surface area contributed by atoms with Gasteiger partial charge in [0.25, 0.3) is 0 Å². The molecule has 0 unspecified atom stereocenters. The molecule has 0 spiro atoms. The standard InChI is InChI=1S/C9H12N2O6S/c1-15-7-5(10)4-6(11-2-3-12)8-9(7)17-18(13,14)16-8/h4,11-12H,2-3,10H2,1H3.